The number of aromatic nitrogens is 2. The summed E-state index contributed by atoms with van der Waals surface area (Å²) in [4.78, 5) is 17.4. The number of halogens is 1. The quantitative estimate of drug-likeness (QED) is 0.393. The first-order chi connectivity index (χ1) is 16.5. The number of carbonyl (C=O) groups excluding carboxylic acids is 1. The molecular formula is C27H28FN3O3. The number of benzene rings is 2. The molecule has 0 aliphatic rings. The number of nitrogens with zero attached hydrogens (tertiary/aromatic N) is 2. The summed E-state index contributed by atoms with van der Waals surface area (Å²) in [5, 5.41) is 3.00. The summed E-state index contributed by atoms with van der Waals surface area (Å²) < 4.78 is 26.6. The second kappa shape index (κ2) is 10.4. The van der Waals surface area contributed by atoms with Gasteiger partial charge in [0.15, 0.2) is 11.5 Å². The molecule has 6 nitrogen and oxygen atoms in total. The maximum Gasteiger partial charge on any atom is 0.221 e. The van der Waals surface area contributed by atoms with Crippen molar-refractivity contribution in [1.82, 2.24) is 14.7 Å². The molecule has 7 heteroatoms. The van der Waals surface area contributed by atoms with E-state index in [1.165, 1.54) is 12.1 Å². The van der Waals surface area contributed by atoms with Gasteiger partial charge in [0.25, 0.3) is 0 Å². The number of fused-ring (bicyclic) bond motifs is 1. The Bertz CT molecular complexity index is 1300. The van der Waals surface area contributed by atoms with Crippen LogP contribution < -0.4 is 14.8 Å². The van der Waals surface area contributed by atoms with Crippen LogP contribution in [0.1, 0.15) is 34.7 Å². The van der Waals surface area contributed by atoms with Gasteiger partial charge in [0.1, 0.15) is 11.5 Å². The van der Waals surface area contributed by atoms with Gasteiger partial charge in [-0.15, -0.1) is 0 Å². The van der Waals surface area contributed by atoms with E-state index in [9.17, 15) is 9.18 Å². The maximum atomic E-state index is 14.0. The Morgan fingerprint density at radius 2 is 1.91 bits per heavy atom. The predicted octanol–water partition coefficient (Wildman–Crippen LogP) is 4.68. The molecule has 1 N–H and O–H groups in total. The fourth-order valence-corrected chi connectivity index (χ4v) is 4.12. The number of nitrogens with one attached hydrogen (secondary N) is 1. The number of methoxy groups -OCH3 is 2. The maximum absolute atomic E-state index is 14.0. The van der Waals surface area contributed by atoms with Crippen molar-refractivity contribution in [2.45, 2.75) is 25.7 Å². The van der Waals surface area contributed by atoms with Crippen molar-refractivity contribution in [1.29, 1.82) is 0 Å². The molecular weight excluding hydrogens is 433 g/mol. The fraction of sp³-hybridized carbons (Fsp3) is 0.259. The number of hydrogen-bond acceptors (Lipinski definition) is 4. The molecule has 34 heavy (non-hydrogen) atoms. The van der Waals surface area contributed by atoms with Crippen molar-refractivity contribution in [2.24, 2.45) is 0 Å². The molecule has 0 aliphatic heterocycles. The van der Waals surface area contributed by atoms with Crippen LogP contribution in [-0.4, -0.2) is 36.1 Å². The van der Waals surface area contributed by atoms with Crippen molar-refractivity contribution in [3.63, 3.8) is 0 Å². The van der Waals surface area contributed by atoms with Crippen LogP contribution in [0.25, 0.3) is 5.65 Å². The molecule has 2 aromatic heterocycles. The van der Waals surface area contributed by atoms with Crippen LogP contribution >= 0.6 is 0 Å². The summed E-state index contributed by atoms with van der Waals surface area (Å²) >= 11 is 0. The topological polar surface area (TPSA) is 64.9 Å². The van der Waals surface area contributed by atoms with E-state index in [0.717, 1.165) is 28.0 Å². The zero-order chi connectivity index (χ0) is 24.1. The molecule has 2 heterocycles. The van der Waals surface area contributed by atoms with Crippen molar-refractivity contribution in [3.05, 3.63) is 95.2 Å². The molecule has 176 valence electrons. The van der Waals surface area contributed by atoms with Gasteiger partial charge >= 0.3 is 0 Å². The van der Waals surface area contributed by atoms with E-state index in [4.69, 9.17) is 9.47 Å². The normalized spacial score (nSPS) is 11.9. The second-order valence-corrected chi connectivity index (χ2v) is 8.22. The van der Waals surface area contributed by atoms with Crippen molar-refractivity contribution in [3.8, 4) is 11.5 Å². The summed E-state index contributed by atoms with van der Waals surface area (Å²) in [6.07, 6.45) is 4.53. The van der Waals surface area contributed by atoms with Crippen molar-refractivity contribution < 1.29 is 18.7 Å². The Kier molecular flexibility index (Phi) is 7.11. The van der Waals surface area contributed by atoms with E-state index in [-0.39, 0.29) is 24.1 Å². The van der Waals surface area contributed by atoms with Crippen LogP contribution in [0.5, 0.6) is 11.5 Å². The van der Waals surface area contributed by atoms with Gasteiger partial charge in [0.05, 0.1) is 19.9 Å². The Balaban J connectivity index is 1.50. The molecule has 0 saturated carbocycles. The van der Waals surface area contributed by atoms with Gasteiger partial charge in [0, 0.05) is 31.3 Å². The predicted molar refractivity (Wildman–Crippen MR) is 129 cm³/mol. The fourth-order valence-electron chi connectivity index (χ4n) is 4.12. The highest BCUT2D eigenvalue weighted by molar-refractivity contribution is 5.77. The van der Waals surface area contributed by atoms with Gasteiger partial charge in [0.2, 0.25) is 5.91 Å². The van der Waals surface area contributed by atoms with Crippen molar-refractivity contribution >= 4 is 11.6 Å². The third kappa shape index (κ3) is 5.20. The molecule has 0 spiro atoms. The van der Waals surface area contributed by atoms with E-state index in [2.05, 4.69) is 10.3 Å². The van der Waals surface area contributed by atoms with Crippen LogP contribution in [0.3, 0.4) is 0 Å². The Morgan fingerprint density at radius 1 is 1.09 bits per heavy atom. The first-order valence-electron chi connectivity index (χ1n) is 11.1. The van der Waals surface area contributed by atoms with Gasteiger partial charge in [-0.2, -0.15) is 0 Å². The summed E-state index contributed by atoms with van der Waals surface area (Å²) in [5.41, 5.74) is 4.50. The summed E-state index contributed by atoms with van der Waals surface area (Å²) in [7, 11) is 3.19. The summed E-state index contributed by atoms with van der Waals surface area (Å²) in [5.74, 6) is 0.532. The minimum absolute atomic E-state index is 0.114. The van der Waals surface area contributed by atoms with Crippen LogP contribution in [-0.2, 0) is 11.2 Å². The number of ether oxygens (including phenoxy) is 2. The largest absolute Gasteiger partial charge is 0.493 e. The third-order valence-electron chi connectivity index (χ3n) is 5.88. The van der Waals surface area contributed by atoms with Gasteiger partial charge in [-0.3, -0.25) is 4.79 Å². The molecule has 1 amide bonds. The molecule has 0 fully saturated rings. The third-order valence-corrected chi connectivity index (χ3v) is 5.88. The number of imidazole rings is 1. The number of rotatable bonds is 9. The minimum atomic E-state index is -0.338. The van der Waals surface area contributed by atoms with Gasteiger partial charge in [-0.25, -0.2) is 9.37 Å². The Labute approximate surface area is 198 Å². The molecule has 0 saturated heterocycles. The first-order valence-corrected chi connectivity index (χ1v) is 11.1. The van der Waals surface area contributed by atoms with Gasteiger partial charge in [-0.1, -0.05) is 18.2 Å². The van der Waals surface area contributed by atoms with Crippen LogP contribution in [0.15, 0.2) is 67.0 Å². The lowest BCUT2D eigenvalue weighted by Crippen LogP contribution is -2.27. The highest BCUT2D eigenvalue weighted by atomic mass is 19.1. The first kappa shape index (κ1) is 23.3. The van der Waals surface area contributed by atoms with E-state index >= 15 is 0 Å². The van der Waals surface area contributed by atoms with Crippen LogP contribution in [0.2, 0.25) is 0 Å². The molecule has 1 unspecified atom stereocenters. The number of carbonyl (C=O) groups is 1. The highest BCUT2D eigenvalue weighted by Crippen LogP contribution is 2.30. The molecule has 0 aliphatic carbocycles. The lowest BCUT2D eigenvalue weighted by molar-refractivity contribution is -0.121. The molecule has 1 atom stereocenters. The van der Waals surface area contributed by atoms with Gasteiger partial charge < -0.3 is 19.2 Å². The summed E-state index contributed by atoms with van der Waals surface area (Å²) in [6, 6.07) is 16.1. The number of hydrogen-bond donors (Lipinski definition) is 1. The zero-order valence-corrected chi connectivity index (χ0v) is 19.5. The van der Waals surface area contributed by atoms with Crippen molar-refractivity contribution in [2.75, 3.05) is 20.8 Å². The lowest BCUT2D eigenvalue weighted by Gasteiger charge is -2.18. The van der Waals surface area contributed by atoms with E-state index in [1.54, 1.807) is 26.5 Å². The number of amides is 1. The van der Waals surface area contributed by atoms with Gasteiger partial charge in [-0.05, 0) is 66.4 Å². The standard InChI is InChI=1S/C27H28FN3O3/c1-18-10-12-31-23(17-30-26(31)13-18)22(20-5-4-6-21(28)15-20)16-27(32)29-11-9-19-7-8-24(33-2)25(14-19)34-3/h4-8,10,12-15,17,22H,9,11,16H2,1-3H3,(H,29,32). The lowest BCUT2D eigenvalue weighted by atomic mass is 9.92. The Hall–Kier alpha value is -3.87. The molecule has 0 bridgehead atoms. The number of pyridine rings is 1. The average Bonchev–Trinajstić information content (AvgIpc) is 3.25. The SMILES string of the molecule is COc1ccc(CCNC(=O)CC(c2cccc(F)c2)c2cnc3cc(C)ccn23)cc1OC. The summed E-state index contributed by atoms with van der Waals surface area (Å²) in [6.45, 7) is 2.47. The molecule has 2 aromatic carbocycles. The minimum Gasteiger partial charge on any atom is -0.493 e. The molecule has 4 aromatic rings. The Morgan fingerprint density at radius 3 is 2.68 bits per heavy atom. The monoisotopic (exact) mass is 461 g/mol. The second-order valence-electron chi connectivity index (χ2n) is 8.22. The molecule has 0 radical (unpaired) electrons. The smallest absolute Gasteiger partial charge is 0.221 e. The average molecular weight is 462 g/mol. The van der Waals surface area contributed by atoms with Crippen LogP contribution in [0, 0.1) is 12.7 Å². The van der Waals surface area contributed by atoms with E-state index in [0.29, 0.717) is 24.5 Å². The van der Waals surface area contributed by atoms with Crippen LogP contribution in [0.4, 0.5) is 4.39 Å². The highest BCUT2D eigenvalue weighted by Gasteiger charge is 2.22. The van der Waals surface area contributed by atoms with E-state index in [1.807, 2.05) is 53.9 Å². The van der Waals surface area contributed by atoms with E-state index < -0.39 is 0 Å². The zero-order valence-electron chi connectivity index (χ0n) is 19.5. The molecule has 4 rings (SSSR count). The number of aryl methyl sites for hydroxylation is 1.